The number of hydrogen-bond donors (Lipinski definition) is 1. The molecule has 1 saturated heterocycles. The van der Waals surface area contributed by atoms with Crippen molar-refractivity contribution < 1.29 is 4.79 Å². The summed E-state index contributed by atoms with van der Waals surface area (Å²) < 4.78 is 1.09. The van der Waals surface area contributed by atoms with Crippen molar-refractivity contribution in [1.29, 1.82) is 0 Å². The van der Waals surface area contributed by atoms with E-state index in [0.29, 0.717) is 0 Å². The van der Waals surface area contributed by atoms with Gasteiger partial charge in [-0.15, -0.1) is 0 Å². The molecule has 2 rings (SSSR count). The number of halogens is 1. The highest BCUT2D eigenvalue weighted by Crippen LogP contribution is 2.13. The molecule has 1 N–H and O–H groups in total. The molecule has 1 heterocycles. The number of nitrogens with zero attached hydrogens (tertiary/aromatic N) is 1. The Kier molecular flexibility index (Phi) is 4.78. The van der Waals surface area contributed by atoms with E-state index in [9.17, 15) is 4.79 Å². The summed E-state index contributed by atoms with van der Waals surface area (Å²) in [5, 5.41) is 3.25. The van der Waals surface area contributed by atoms with Crippen molar-refractivity contribution in [3.05, 3.63) is 34.3 Å². The van der Waals surface area contributed by atoms with Crippen LogP contribution in [0.3, 0.4) is 0 Å². The molecule has 0 saturated carbocycles. The average Bonchev–Trinajstić information content (AvgIpc) is 2.89. The zero-order valence-electron chi connectivity index (χ0n) is 10.7. The maximum absolute atomic E-state index is 12.1. The molecule has 1 aromatic rings. The molecule has 0 radical (unpaired) electrons. The smallest absolute Gasteiger partial charge is 0.239 e. The highest BCUT2D eigenvalue weighted by molar-refractivity contribution is 9.10. The summed E-state index contributed by atoms with van der Waals surface area (Å²) >= 11 is 3.46. The molecule has 1 aliphatic rings. The Morgan fingerprint density at radius 3 is 3.06 bits per heavy atom. The fourth-order valence-corrected chi connectivity index (χ4v) is 2.71. The van der Waals surface area contributed by atoms with Crippen molar-refractivity contribution >= 4 is 21.8 Å². The zero-order chi connectivity index (χ0) is 13.0. The lowest BCUT2D eigenvalue weighted by Gasteiger charge is -2.21. The van der Waals surface area contributed by atoms with Crippen LogP contribution in [0.1, 0.15) is 18.4 Å². The summed E-state index contributed by atoms with van der Waals surface area (Å²) in [6.07, 6.45) is 2.98. The Bertz CT molecular complexity index is 416. The number of rotatable bonds is 4. The quantitative estimate of drug-likeness (QED) is 0.924. The van der Waals surface area contributed by atoms with E-state index in [-0.39, 0.29) is 11.9 Å². The monoisotopic (exact) mass is 310 g/mol. The second kappa shape index (κ2) is 6.34. The molecular formula is C14H19BrN2O. The third kappa shape index (κ3) is 3.56. The lowest BCUT2D eigenvalue weighted by atomic mass is 10.1. The molecule has 1 fully saturated rings. The van der Waals surface area contributed by atoms with Gasteiger partial charge in [0.1, 0.15) is 0 Å². The molecule has 0 aliphatic carbocycles. The SMILES string of the molecule is CN(CCc1cccc(Br)c1)C(=O)C1CCCN1. The first-order chi connectivity index (χ1) is 8.66. The van der Waals surface area contributed by atoms with Crippen molar-refractivity contribution in [1.82, 2.24) is 10.2 Å². The Morgan fingerprint density at radius 1 is 1.56 bits per heavy atom. The topological polar surface area (TPSA) is 32.3 Å². The van der Waals surface area contributed by atoms with Gasteiger partial charge < -0.3 is 10.2 Å². The van der Waals surface area contributed by atoms with Gasteiger partial charge >= 0.3 is 0 Å². The summed E-state index contributed by atoms with van der Waals surface area (Å²) in [5.74, 6) is 0.225. The fourth-order valence-electron chi connectivity index (χ4n) is 2.26. The molecule has 3 nitrogen and oxygen atoms in total. The van der Waals surface area contributed by atoms with Crippen molar-refractivity contribution in [2.75, 3.05) is 20.1 Å². The van der Waals surface area contributed by atoms with Gasteiger partial charge in [0.05, 0.1) is 6.04 Å². The van der Waals surface area contributed by atoms with E-state index < -0.39 is 0 Å². The highest BCUT2D eigenvalue weighted by atomic mass is 79.9. The van der Waals surface area contributed by atoms with E-state index in [0.717, 1.165) is 36.8 Å². The molecule has 98 valence electrons. The van der Waals surface area contributed by atoms with Crippen LogP contribution in [0.15, 0.2) is 28.7 Å². The zero-order valence-corrected chi connectivity index (χ0v) is 12.2. The van der Waals surface area contributed by atoms with Crippen LogP contribution in [-0.2, 0) is 11.2 Å². The molecule has 4 heteroatoms. The number of nitrogens with one attached hydrogen (secondary N) is 1. The Hall–Kier alpha value is -0.870. The van der Waals surface area contributed by atoms with Crippen LogP contribution in [0.4, 0.5) is 0 Å². The second-order valence-corrected chi connectivity index (χ2v) is 5.70. The summed E-state index contributed by atoms with van der Waals surface area (Å²) in [4.78, 5) is 13.9. The van der Waals surface area contributed by atoms with Crippen molar-refractivity contribution in [2.24, 2.45) is 0 Å². The fraction of sp³-hybridized carbons (Fsp3) is 0.500. The van der Waals surface area contributed by atoms with Crippen molar-refractivity contribution in [2.45, 2.75) is 25.3 Å². The molecule has 0 spiro atoms. The van der Waals surface area contributed by atoms with E-state index in [4.69, 9.17) is 0 Å². The minimum absolute atomic E-state index is 0.0394. The van der Waals surface area contributed by atoms with Gasteiger partial charge in [-0.25, -0.2) is 0 Å². The van der Waals surface area contributed by atoms with Gasteiger partial charge in [0.15, 0.2) is 0 Å². The van der Waals surface area contributed by atoms with Gasteiger partial charge in [-0.3, -0.25) is 4.79 Å². The summed E-state index contributed by atoms with van der Waals surface area (Å²) in [7, 11) is 1.89. The normalized spacial score (nSPS) is 18.9. The van der Waals surface area contributed by atoms with Gasteiger partial charge in [-0.2, -0.15) is 0 Å². The number of carbonyl (C=O) groups excluding carboxylic acids is 1. The van der Waals surface area contributed by atoms with E-state index >= 15 is 0 Å². The standard InChI is InChI=1S/C14H19BrN2O/c1-17(14(18)13-6-3-8-16-13)9-7-11-4-2-5-12(15)10-11/h2,4-5,10,13,16H,3,6-9H2,1H3. The van der Waals surface area contributed by atoms with E-state index in [1.807, 2.05) is 24.1 Å². The van der Waals surface area contributed by atoms with Crippen LogP contribution in [0.5, 0.6) is 0 Å². The lowest BCUT2D eigenvalue weighted by molar-refractivity contribution is -0.131. The molecule has 1 unspecified atom stereocenters. The summed E-state index contributed by atoms with van der Waals surface area (Å²) in [6, 6.07) is 8.28. The Labute approximate surface area is 117 Å². The molecule has 1 atom stereocenters. The van der Waals surface area contributed by atoms with Gasteiger partial charge in [-0.1, -0.05) is 28.1 Å². The molecule has 0 aromatic heterocycles. The minimum Gasteiger partial charge on any atom is -0.344 e. The van der Waals surface area contributed by atoms with E-state index in [1.54, 1.807) is 0 Å². The second-order valence-electron chi connectivity index (χ2n) is 4.79. The number of benzene rings is 1. The van der Waals surface area contributed by atoms with E-state index in [1.165, 1.54) is 5.56 Å². The largest absolute Gasteiger partial charge is 0.344 e. The van der Waals surface area contributed by atoms with Crippen LogP contribution in [0.2, 0.25) is 0 Å². The van der Waals surface area contributed by atoms with E-state index in [2.05, 4.69) is 33.4 Å². The number of carbonyl (C=O) groups is 1. The molecule has 1 aromatic carbocycles. The third-order valence-corrected chi connectivity index (χ3v) is 3.85. The van der Waals surface area contributed by atoms with Gasteiger partial charge in [-0.05, 0) is 43.5 Å². The van der Waals surface area contributed by atoms with Crippen molar-refractivity contribution in [3.63, 3.8) is 0 Å². The number of hydrogen-bond acceptors (Lipinski definition) is 2. The molecule has 1 aliphatic heterocycles. The third-order valence-electron chi connectivity index (χ3n) is 3.36. The van der Waals surface area contributed by atoms with Gasteiger partial charge in [0.2, 0.25) is 5.91 Å². The minimum atomic E-state index is 0.0394. The van der Waals surface area contributed by atoms with Crippen molar-refractivity contribution in [3.8, 4) is 0 Å². The highest BCUT2D eigenvalue weighted by Gasteiger charge is 2.24. The first kappa shape index (κ1) is 13.6. The molecular weight excluding hydrogens is 292 g/mol. The van der Waals surface area contributed by atoms with Crippen LogP contribution >= 0.6 is 15.9 Å². The predicted molar refractivity (Wildman–Crippen MR) is 76.5 cm³/mol. The maximum Gasteiger partial charge on any atom is 0.239 e. The first-order valence-corrected chi connectivity index (χ1v) is 7.19. The summed E-state index contributed by atoms with van der Waals surface area (Å²) in [6.45, 7) is 1.74. The molecule has 18 heavy (non-hydrogen) atoms. The average molecular weight is 311 g/mol. The van der Waals surface area contributed by atoms with Crippen LogP contribution in [0, 0.1) is 0 Å². The number of likely N-dealkylation sites (N-methyl/N-ethyl adjacent to an activating group) is 1. The predicted octanol–water partition coefficient (Wildman–Crippen LogP) is 2.20. The first-order valence-electron chi connectivity index (χ1n) is 6.39. The molecule has 0 bridgehead atoms. The number of amides is 1. The molecule has 1 amide bonds. The van der Waals surface area contributed by atoms with Crippen LogP contribution in [0.25, 0.3) is 0 Å². The Morgan fingerprint density at radius 2 is 2.39 bits per heavy atom. The van der Waals surface area contributed by atoms with Gasteiger partial charge in [0.25, 0.3) is 0 Å². The van der Waals surface area contributed by atoms with Gasteiger partial charge in [0, 0.05) is 18.1 Å². The lowest BCUT2D eigenvalue weighted by Crippen LogP contribution is -2.42. The maximum atomic E-state index is 12.1. The Balaban J connectivity index is 1.84. The summed E-state index contributed by atoms with van der Waals surface area (Å²) in [5.41, 5.74) is 1.25. The van der Waals surface area contributed by atoms with Crippen LogP contribution < -0.4 is 5.32 Å². The van der Waals surface area contributed by atoms with Crippen LogP contribution in [-0.4, -0.2) is 37.0 Å².